The van der Waals surface area contributed by atoms with Crippen molar-refractivity contribution in [2.45, 2.75) is 0 Å². The van der Waals surface area contributed by atoms with E-state index in [1.54, 1.807) is 48.5 Å². The van der Waals surface area contributed by atoms with Crippen molar-refractivity contribution < 1.29 is 44.3 Å². The molecule has 0 radical (unpaired) electrons. The molecule has 70 heavy (non-hydrogen) atoms. The van der Waals surface area contributed by atoms with Gasteiger partial charge >= 0.3 is 0 Å². The van der Waals surface area contributed by atoms with Gasteiger partial charge in [0.2, 0.25) is 11.4 Å². The minimum atomic E-state index is -1.50. The van der Waals surface area contributed by atoms with Gasteiger partial charge in [0.15, 0.2) is 58.9 Å². The second kappa shape index (κ2) is 17.2. The zero-order valence-corrected chi connectivity index (χ0v) is 37.2. The highest BCUT2D eigenvalue weighted by atomic mass is 19.2. The van der Waals surface area contributed by atoms with E-state index in [2.05, 4.69) is 0 Å². The van der Waals surface area contributed by atoms with E-state index in [-0.39, 0.29) is 22.3 Å². The Morgan fingerprint density at radius 2 is 0.357 bits per heavy atom. The smallest absolute Gasteiger partial charge is 0.203 e. The molecule has 10 heteroatoms. The second-order valence-corrected chi connectivity index (χ2v) is 17.3. The average molecular weight is 937 g/mol. The summed E-state index contributed by atoms with van der Waals surface area (Å²) in [4.78, 5) is 0. The van der Waals surface area contributed by atoms with Crippen LogP contribution >= 0.6 is 0 Å². The number of hydrogen-bond acceptors (Lipinski definition) is 0. The van der Waals surface area contributed by atoms with Gasteiger partial charge in [0, 0.05) is 34.4 Å². The minimum Gasteiger partial charge on any atom is -0.203 e. The molecule has 17 heterocycles. The van der Waals surface area contributed by atoms with Crippen LogP contribution in [0.25, 0.3) is 112 Å². The molecular weight excluding hydrogens is 901 g/mol. The Hall–Kier alpha value is -8.50. The van der Waals surface area contributed by atoms with Crippen molar-refractivity contribution >= 4 is 0 Å². The first-order valence-corrected chi connectivity index (χ1v) is 22.2. The van der Waals surface area contributed by atoms with Gasteiger partial charge in [0.25, 0.3) is 0 Å². The third-order valence-corrected chi connectivity index (χ3v) is 13.2. The van der Waals surface area contributed by atoms with E-state index in [1.807, 2.05) is 108 Å². The molecule has 15 aliphatic heterocycles. The van der Waals surface area contributed by atoms with Gasteiger partial charge in [-0.3, -0.25) is 0 Å². The molecule has 0 unspecified atom stereocenters. The van der Waals surface area contributed by atoms with Crippen LogP contribution in [-0.2, 0) is 14.1 Å². The lowest BCUT2D eigenvalue weighted by Gasteiger charge is -2.14. The SMILES string of the molecule is C[n+]1cc2ccc1-c1ccc(cc1)-c1c(F)c(F)c(c(F)c1F)-c1ccc(cc1)-c1ccc(cc1)-c1ccc([n+](C)c1)-c1ccc(cc1)-c1c(F)c(F)c(c(F)c1F)-c1ccc(cc1)-c1ccc-2cc1. The Kier molecular flexibility index (Phi) is 10.8. The van der Waals surface area contributed by atoms with Crippen LogP contribution < -0.4 is 9.13 Å². The van der Waals surface area contributed by atoms with Crippen molar-refractivity contribution in [2.24, 2.45) is 14.1 Å². The van der Waals surface area contributed by atoms with Gasteiger partial charge in [0.1, 0.15) is 14.1 Å². The van der Waals surface area contributed by atoms with Crippen LogP contribution in [0.3, 0.4) is 0 Å². The number of rotatable bonds is 0. The lowest BCUT2D eigenvalue weighted by atomic mass is 9.94. The number of nitrogens with zero attached hydrogens (tertiary/aromatic N) is 2. The molecule has 0 amide bonds. The van der Waals surface area contributed by atoms with Gasteiger partial charge in [-0.25, -0.2) is 44.3 Å². The zero-order chi connectivity index (χ0) is 48.5. The van der Waals surface area contributed by atoms with Crippen LogP contribution in [0.4, 0.5) is 35.1 Å². The molecule has 38 rings (SSSR count). The van der Waals surface area contributed by atoms with E-state index in [1.165, 1.54) is 48.5 Å². The molecule has 0 spiro atoms. The topological polar surface area (TPSA) is 7.76 Å². The Balaban J connectivity index is 0.986. The molecule has 0 fully saturated rings. The zero-order valence-electron chi connectivity index (χ0n) is 37.2. The molecule has 2 nitrogen and oxygen atoms in total. The molecule has 0 N–H and O–H groups in total. The first kappa shape index (κ1) is 44.0. The van der Waals surface area contributed by atoms with Gasteiger partial charge in [-0.2, -0.15) is 0 Å². The van der Waals surface area contributed by atoms with E-state index in [0.29, 0.717) is 22.3 Å². The van der Waals surface area contributed by atoms with Gasteiger partial charge < -0.3 is 0 Å². The van der Waals surface area contributed by atoms with Gasteiger partial charge in [-0.05, 0) is 92.0 Å². The summed E-state index contributed by atoms with van der Waals surface area (Å²) in [5.41, 5.74) is 5.84. The average Bonchev–Trinajstić information content (AvgIpc) is 3.38. The largest absolute Gasteiger partial charge is 0.212 e. The van der Waals surface area contributed by atoms with Crippen molar-refractivity contribution in [3.05, 3.63) is 229 Å². The first-order chi connectivity index (χ1) is 33.8. The Morgan fingerprint density at radius 3 is 0.557 bits per heavy atom. The van der Waals surface area contributed by atoms with Gasteiger partial charge in [-0.1, -0.05) is 121 Å². The summed E-state index contributed by atoms with van der Waals surface area (Å²) in [6, 6.07) is 46.9. The lowest BCUT2D eigenvalue weighted by Crippen LogP contribution is -2.30. The fourth-order valence-electron chi connectivity index (χ4n) is 9.42. The van der Waals surface area contributed by atoms with E-state index >= 15 is 35.1 Å². The van der Waals surface area contributed by atoms with E-state index in [0.717, 1.165) is 44.8 Å². The maximum absolute atomic E-state index is 15.8. The molecule has 0 saturated carbocycles. The van der Waals surface area contributed by atoms with Crippen LogP contribution in [0.15, 0.2) is 182 Å². The van der Waals surface area contributed by atoms with Crippen molar-refractivity contribution in [2.75, 3.05) is 0 Å². The van der Waals surface area contributed by atoms with Crippen molar-refractivity contribution in [1.82, 2.24) is 0 Å². The second-order valence-electron chi connectivity index (χ2n) is 17.3. The maximum Gasteiger partial charge on any atom is 0.212 e. The van der Waals surface area contributed by atoms with Crippen molar-refractivity contribution in [3.8, 4) is 112 Å². The predicted octanol–water partition coefficient (Wildman–Crippen LogP) is 15.4. The normalized spacial score (nSPS) is 11.6. The van der Waals surface area contributed by atoms with Gasteiger partial charge in [0.05, 0.1) is 22.3 Å². The highest BCUT2D eigenvalue weighted by Gasteiger charge is 2.29. The number of hydrogen-bond donors (Lipinski definition) is 0. The summed E-state index contributed by atoms with van der Waals surface area (Å²) < 4.78 is 130. The molecule has 0 saturated heterocycles. The highest BCUT2D eigenvalue weighted by Crippen LogP contribution is 2.41. The number of benzene rings is 8. The van der Waals surface area contributed by atoms with E-state index < -0.39 is 68.8 Å². The first-order valence-electron chi connectivity index (χ1n) is 22.2. The van der Waals surface area contributed by atoms with E-state index in [4.69, 9.17) is 0 Å². The number of pyridine rings is 2. The molecule has 13 aliphatic carbocycles. The van der Waals surface area contributed by atoms with Crippen LogP contribution in [0, 0.1) is 46.5 Å². The fraction of sp³-hybridized carbons (Fsp3) is 0.0333. The molecule has 28 aliphatic rings. The quantitative estimate of drug-likeness (QED) is 0.0813. The Bertz CT molecular complexity index is 3400. The van der Waals surface area contributed by atoms with Crippen LogP contribution in [0.2, 0.25) is 0 Å². The standard InChI is InChI=1S/C60H36F8N2/c1-69-31-45-27-29-47(69)39-15-23-43(24-16-39)51-57(65)53(61)49(54(62)58(51)66)42-21-13-36(14-22-42)34-5-9-38(10-6-34)46-28-30-48(70(2)32-46)40-17-25-44(26-18-40)52-59(67)55(63)50(56(64)60(52)68)41-19-11-35(12-20-41)33-3-7-37(45)8-4-33/h3-32H,1-2H3/q+2. The highest BCUT2D eigenvalue weighted by molar-refractivity contribution is 5.80. The molecule has 8 aromatic carbocycles. The molecule has 10 aromatic rings. The summed E-state index contributed by atoms with van der Waals surface area (Å²) in [5, 5.41) is 0. The Labute approximate surface area is 397 Å². The fourth-order valence-corrected chi connectivity index (χ4v) is 9.42. The summed E-state index contributed by atoms with van der Waals surface area (Å²) in [6.45, 7) is 0. The lowest BCUT2D eigenvalue weighted by molar-refractivity contribution is -0.660. The summed E-state index contributed by atoms with van der Waals surface area (Å²) in [5.74, 6) is -12.0. The minimum absolute atomic E-state index is 0.0377. The summed E-state index contributed by atoms with van der Waals surface area (Å²) in [6.07, 6.45) is 3.80. The number of aromatic nitrogens is 2. The third-order valence-electron chi connectivity index (χ3n) is 13.2. The third kappa shape index (κ3) is 7.43. The molecular formula is C60H36F8N2+2. The van der Waals surface area contributed by atoms with Crippen molar-refractivity contribution in [3.63, 3.8) is 0 Å². The summed E-state index contributed by atoms with van der Waals surface area (Å²) in [7, 11) is 3.67. The van der Waals surface area contributed by atoms with E-state index in [9.17, 15) is 0 Å². The van der Waals surface area contributed by atoms with Gasteiger partial charge in [-0.15, -0.1) is 0 Å². The van der Waals surface area contributed by atoms with Crippen LogP contribution in [-0.4, -0.2) is 0 Å². The van der Waals surface area contributed by atoms with Crippen molar-refractivity contribution in [1.29, 1.82) is 0 Å². The number of aryl methyl sites for hydroxylation is 2. The number of halogens is 8. The molecule has 340 valence electrons. The molecule has 20 bridgehead atoms. The maximum atomic E-state index is 15.8. The van der Waals surface area contributed by atoms with Crippen LogP contribution in [0.1, 0.15) is 0 Å². The monoisotopic (exact) mass is 936 g/mol. The summed E-state index contributed by atoms with van der Waals surface area (Å²) >= 11 is 0. The molecule has 0 atom stereocenters. The Morgan fingerprint density at radius 1 is 0.200 bits per heavy atom. The molecule has 2 aromatic heterocycles. The van der Waals surface area contributed by atoms with Crippen LogP contribution in [0.5, 0.6) is 0 Å². The predicted molar refractivity (Wildman–Crippen MR) is 256 cm³/mol.